The number of anilines is 1. The summed E-state index contributed by atoms with van der Waals surface area (Å²) < 4.78 is 25.0. The molecule has 0 fully saturated rings. The third-order valence-electron chi connectivity index (χ3n) is 3.83. The van der Waals surface area contributed by atoms with Gasteiger partial charge in [0, 0.05) is 17.2 Å². The normalized spacial score (nSPS) is 11.4. The summed E-state index contributed by atoms with van der Waals surface area (Å²) in [5, 5.41) is 26.4. The maximum atomic E-state index is 12.2. The highest BCUT2D eigenvalue weighted by atomic mass is 79.9. The number of aromatic hydroxyl groups is 1. The smallest absolute Gasteiger partial charge is 0.238 e. The lowest BCUT2D eigenvalue weighted by atomic mass is 10.2. The largest absolute Gasteiger partial charge is 0.507 e. The Morgan fingerprint density at radius 1 is 1.24 bits per heavy atom. The summed E-state index contributed by atoms with van der Waals surface area (Å²) in [6.45, 7) is 0. The Bertz CT molecular complexity index is 1160. The van der Waals surface area contributed by atoms with Crippen LogP contribution in [-0.4, -0.2) is 39.9 Å². The summed E-state index contributed by atoms with van der Waals surface area (Å²) >= 11 is 4.53. The predicted molar refractivity (Wildman–Crippen MR) is 113 cm³/mol. The number of carbonyl (C=O) groups excluding carboxylic acids is 1. The average molecular weight is 498 g/mol. The molecular formula is C17H16BrN5O4S2. The van der Waals surface area contributed by atoms with Gasteiger partial charge in [-0.3, -0.25) is 4.79 Å². The van der Waals surface area contributed by atoms with Gasteiger partial charge in [-0.15, -0.1) is 10.2 Å². The van der Waals surface area contributed by atoms with Gasteiger partial charge in [-0.2, -0.15) is 0 Å². The SMILES string of the molecule is Cn1c(SCC(=O)Nc2ccc(S(N)(=O)=O)cc2)nnc1-c1cc(Br)ccc1O. The molecule has 0 aliphatic heterocycles. The van der Waals surface area contributed by atoms with Crippen molar-refractivity contribution < 1.29 is 18.3 Å². The zero-order valence-corrected chi connectivity index (χ0v) is 18.3. The van der Waals surface area contributed by atoms with Gasteiger partial charge in [0.1, 0.15) is 5.75 Å². The van der Waals surface area contributed by atoms with Crippen molar-refractivity contribution in [1.82, 2.24) is 14.8 Å². The molecule has 0 atom stereocenters. The van der Waals surface area contributed by atoms with Crippen molar-refractivity contribution >= 4 is 49.3 Å². The molecule has 1 aromatic heterocycles. The molecule has 0 spiro atoms. The van der Waals surface area contributed by atoms with Crippen LogP contribution >= 0.6 is 27.7 Å². The number of amides is 1. The van der Waals surface area contributed by atoms with Crippen LogP contribution in [0.3, 0.4) is 0 Å². The number of nitrogens with zero attached hydrogens (tertiary/aromatic N) is 3. The van der Waals surface area contributed by atoms with Gasteiger partial charge in [-0.25, -0.2) is 13.6 Å². The second-order valence-electron chi connectivity index (χ2n) is 5.93. The third-order valence-corrected chi connectivity index (χ3v) is 6.28. The van der Waals surface area contributed by atoms with Crippen molar-refractivity contribution in [2.45, 2.75) is 10.1 Å². The number of nitrogens with one attached hydrogen (secondary N) is 1. The second kappa shape index (κ2) is 8.53. The fraction of sp³-hybridized carbons (Fsp3) is 0.118. The number of phenols is 1. The monoisotopic (exact) mass is 497 g/mol. The Morgan fingerprint density at radius 3 is 2.59 bits per heavy atom. The molecule has 4 N–H and O–H groups in total. The Kier molecular flexibility index (Phi) is 6.27. The number of sulfonamides is 1. The van der Waals surface area contributed by atoms with E-state index in [0.29, 0.717) is 22.2 Å². The molecule has 0 aliphatic rings. The summed E-state index contributed by atoms with van der Waals surface area (Å²) in [5.41, 5.74) is 0.960. The molecule has 1 amide bonds. The van der Waals surface area contributed by atoms with Gasteiger partial charge in [0.2, 0.25) is 15.9 Å². The summed E-state index contributed by atoms with van der Waals surface area (Å²) in [6, 6.07) is 10.5. The number of carbonyl (C=O) groups is 1. The van der Waals surface area contributed by atoms with E-state index in [4.69, 9.17) is 5.14 Å². The molecular weight excluding hydrogens is 482 g/mol. The number of halogens is 1. The molecule has 1 heterocycles. The third kappa shape index (κ3) is 5.15. The first kappa shape index (κ1) is 21.3. The minimum Gasteiger partial charge on any atom is -0.507 e. The van der Waals surface area contributed by atoms with E-state index in [2.05, 4.69) is 31.4 Å². The maximum Gasteiger partial charge on any atom is 0.238 e. The number of thioether (sulfide) groups is 1. The average Bonchev–Trinajstić information content (AvgIpc) is 3.02. The zero-order chi connectivity index (χ0) is 21.2. The first-order valence-electron chi connectivity index (χ1n) is 8.09. The van der Waals surface area contributed by atoms with Gasteiger partial charge in [0.25, 0.3) is 0 Å². The molecule has 3 aromatic rings. The van der Waals surface area contributed by atoms with Gasteiger partial charge < -0.3 is 15.0 Å². The van der Waals surface area contributed by atoms with Crippen LogP contribution in [0.4, 0.5) is 5.69 Å². The fourth-order valence-electron chi connectivity index (χ4n) is 2.42. The van der Waals surface area contributed by atoms with Gasteiger partial charge in [0.05, 0.1) is 16.2 Å². The quantitative estimate of drug-likeness (QED) is 0.443. The molecule has 0 saturated carbocycles. The molecule has 0 unspecified atom stereocenters. The molecule has 9 nitrogen and oxygen atoms in total. The van der Waals surface area contributed by atoms with E-state index in [1.807, 2.05) is 0 Å². The molecule has 0 aliphatic carbocycles. The van der Waals surface area contributed by atoms with Crippen LogP contribution in [0.2, 0.25) is 0 Å². The van der Waals surface area contributed by atoms with Gasteiger partial charge in [-0.05, 0) is 42.5 Å². The lowest BCUT2D eigenvalue weighted by Crippen LogP contribution is -2.15. The number of benzene rings is 2. The lowest BCUT2D eigenvalue weighted by Gasteiger charge is -2.07. The number of phenolic OH excluding ortho intramolecular Hbond substituents is 1. The summed E-state index contributed by atoms with van der Waals surface area (Å²) in [5.74, 6) is 0.298. The number of nitrogens with two attached hydrogens (primary N) is 1. The highest BCUT2D eigenvalue weighted by molar-refractivity contribution is 9.10. The van der Waals surface area contributed by atoms with Crippen molar-refractivity contribution in [2.75, 3.05) is 11.1 Å². The first-order valence-corrected chi connectivity index (χ1v) is 11.4. The van der Waals surface area contributed by atoms with E-state index in [1.165, 1.54) is 36.0 Å². The lowest BCUT2D eigenvalue weighted by molar-refractivity contribution is -0.113. The van der Waals surface area contributed by atoms with Crippen LogP contribution in [0.1, 0.15) is 0 Å². The number of primary sulfonamides is 1. The van der Waals surface area contributed by atoms with Crippen LogP contribution in [0.25, 0.3) is 11.4 Å². The molecule has 0 radical (unpaired) electrons. The predicted octanol–water partition coefficient (Wildman–Crippen LogP) is 2.33. The maximum absolute atomic E-state index is 12.2. The standard InChI is InChI=1S/C17H16BrN5O4S2/c1-23-16(13-8-10(18)2-7-14(13)24)21-22-17(23)28-9-15(25)20-11-3-5-12(6-4-11)29(19,26)27/h2-8,24H,9H2,1H3,(H,20,25)(H2,19,26,27). The van der Waals surface area contributed by atoms with Crippen LogP contribution in [-0.2, 0) is 21.9 Å². The molecule has 0 bridgehead atoms. The topological polar surface area (TPSA) is 140 Å². The first-order chi connectivity index (χ1) is 13.6. The molecule has 0 saturated heterocycles. The molecule has 152 valence electrons. The molecule has 29 heavy (non-hydrogen) atoms. The Labute approximate surface area is 179 Å². The van der Waals surface area contributed by atoms with E-state index in [0.717, 1.165) is 4.47 Å². The van der Waals surface area contributed by atoms with E-state index in [9.17, 15) is 18.3 Å². The van der Waals surface area contributed by atoms with Crippen molar-refractivity contribution in [1.29, 1.82) is 0 Å². The molecule has 3 rings (SSSR count). The Hall–Kier alpha value is -2.41. The van der Waals surface area contributed by atoms with Crippen LogP contribution in [0.15, 0.2) is 57.0 Å². The summed E-state index contributed by atoms with van der Waals surface area (Å²) in [4.78, 5) is 12.1. The number of hydrogen-bond acceptors (Lipinski definition) is 7. The minimum atomic E-state index is -3.78. The van der Waals surface area contributed by atoms with Crippen molar-refractivity contribution in [3.63, 3.8) is 0 Å². The van der Waals surface area contributed by atoms with Crippen molar-refractivity contribution in [3.8, 4) is 17.1 Å². The molecule has 12 heteroatoms. The van der Waals surface area contributed by atoms with E-state index < -0.39 is 10.0 Å². The van der Waals surface area contributed by atoms with Crippen molar-refractivity contribution in [3.05, 3.63) is 46.9 Å². The summed E-state index contributed by atoms with van der Waals surface area (Å²) in [7, 11) is -2.04. The van der Waals surface area contributed by atoms with Gasteiger partial charge >= 0.3 is 0 Å². The number of hydrogen-bond donors (Lipinski definition) is 3. The Balaban J connectivity index is 1.65. The van der Waals surface area contributed by atoms with Gasteiger partial charge in [0.15, 0.2) is 11.0 Å². The van der Waals surface area contributed by atoms with E-state index >= 15 is 0 Å². The fourth-order valence-corrected chi connectivity index (χ4v) is 4.01. The highest BCUT2D eigenvalue weighted by Gasteiger charge is 2.16. The minimum absolute atomic E-state index is 0.0349. The van der Waals surface area contributed by atoms with Crippen LogP contribution < -0.4 is 10.5 Å². The second-order valence-corrected chi connectivity index (χ2v) is 9.35. The van der Waals surface area contributed by atoms with Crippen molar-refractivity contribution in [2.24, 2.45) is 12.2 Å². The van der Waals surface area contributed by atoms with Crippen LogP contribution in [0.5, 0.6) is 5.75 Å². The number of rotatable bonds is 6. The highest BCUT2D eigenvalue weighted by Crippen LogP contribution is 2.32. The number of aromatic nitrogens is 3. The van der Waals surface area contributed by atoms with Gasteiger partial charge in [-0.1, -0.05) is 27.7 Å². The summed E-state index contributed by atoms with van der Waals surface area (Å²) in [6.07, 6.45) is 0. The van der Waals surface area contributed by atoms with E-state index in [-0.39, 0.29) is 22.3 Å². The van der Waals surface area contributed by atoms with E-state index in [1.54, 1.807) is 29.8 Å². The van der Waals surface area contributed by atoms with Crippen LogP contribution in [0, 0.1) is 0 Å². The Morgan fingerprint density at radius 2 is 1.93 bits per heavy atom. The zero-order valence-electron chi connectivity index (χ0n) is 15.0. The molecule has 2 aromatic carbocycles.